The van der Waals surface area contributed by atoms with Gasteiger partial charge in [0.05, 0.1) is 10.2 Å². The van der Waals surface area contributed by atoms with Gasteiger partial charge in [-0.25, -0.2) is 13.8 Å². The van der Waals surface area contributed by atoms with Gasteiger partial charge in [0.25, 0.3) is 5.92 Å². The zero-order valence-electron chi connectivity index (χ0n) is 14.0. The molecule has 2 aromatic rings. The van der Waals surface area contributed by atoms with Gasteiger partial charge < -0.3 is 9.80 Å². The number of carbonyl (C=O) groups is 1. The Labute approximate surface area is 149 Å². The zero-order chi connectivity index (χ0) is 17.4. The van der Waals surface area contributed by atoms with E-state index in [9.17, 15) is 13.6 Å². The number of fused-ring (bicyclic) bond motifs is 1. The molecule has 2 aliphatic rings. The number of carbonyl (C=O) groups excluding carboxylic acids is 1. The number of thiazole rings is 1. The number of rotatable bonds is 2. The quantitative estimate of drug-likeness (QED) is 0.813. The highest BCUT2D eigenvalue weighted by Crippen LogP contribution is 2.33. The molecule has 4 nitrogen and oxygen atoms in total. The fraction of sp³-hybridized carbons (Fsp3) is 0.556. The Morgan fingerprint density at radius 1 is 1.12 bits per heavy atom. The van der Waals surface area contributed by atoms with Gasteiger partial charge in [-0.15, -0.1) is 0 Å². The zero-order valence-corrected chi connectivity index (χ0v) is 14.8. The standard InChI is InChI=1S/C18H21F2N3OS/c19-18(20)7-11-22(12-8-18)16(24)13-5-9-23(10-6-13)17-21-14-3-1-2-4-15(14)25-17/h1-4,13H,5-12H2. The number of aromatic nitrogens is 1. The maximum atomic E-state index is 13.3. The van der Waals surface area contributed by atoms with Crippen LogP contribution < -0.4 is 4.90 Å². The van der Waals surface area contributed by atoms with Crippen molar-refractivity contribution in [3.63, 3.8) is 0 Å². The Balaban J connectivity index is 1.35. The number of benzene rings is 1. The maximum Gasteiger partial charge on any atom is 0.251 e. The van der Waals surface area contributed by atoms with Gasteiger partial charge in [-0.05, 0) is 25.0 Å². The maximum absolute atomic E-state index is 13.3. The number of hydrogen-bond donors (Lipinski definition) is 0. The van der Waals surface area contributed by atoms with Crippen molar-refractivity contribution in [1.29, 1.82) is 0 Å². The average molecular weight is 365 g/mol. The number of likely N-dealkylation sites (tertiary alicyclic amines) is 1. The summed E-state index contributed by atoms with van der Waals surface area (Å²) >= 11 is 1.68. The Hall–Kier alpha value is -1.76. The molecule has 25 heavy (non-hydrogen) atoms. The number of hydrogen-bond acceptors (Lipinski definition) is 4. The van der Waals surface area contributed by atoms with E-state index < -0.39 is 5.92 Å². The topological polar surface area (TPSA) is 36.4 Å². The van der Waals surface area contributed by atoms with Crippen molar-refractivity contribution in [2.75, 3.05) is 31.1 Å². The summed E-state index contributed by atoms with van der Waals surface area (Å²) in [6, 6.07) is 8.08. The molecular weight excluding hydrogens is 344 g/mol. The molecule has 134 valence electrons. The Kier molecular flexibility index (Phi) is 4.35. The second-order valence-corrected chi connectivity index (χ2v) is 7.92. The summed E-state index contributed by atoms with van der Waals surface area (Å²) in [5, 5.41) is 1.00. The minimum absolute atomic E-state index is 0.0441. The molecule has 0 spiro atoms. The van der Waals surface area contributed by atoms with E-state index >= 15 is 0 Å². The summed E-state index contributed by atoms with van der Waals surface area (Å²) in [7, 11) is 0. The number of amides is 1. The van der Waals surface area contributed by atoms with Gasteiger partial charge in [0.15, 0.2) is 5.13 Å². The molecule has 4 rings (SSSR count). The number of anilines is 1. The predicted molar refractivity (Wildman–Crippen MR) is 95.3 cm³/mol. The van der Waals surface area contributed by atoms with E-state index in [0.29, 0.717) is 0 Å². The van der Waals surface area contributed by atoms with E-state index in [1.54, 1.807) is 16.2 Å². The highest BCUT2D eigenvalue weighted by molar-refractivity contribution is 7.22. The van der Waals surface area contributed by atoms with Gasteiger partial charge in [-0.3, -0.25) is 4.79 Å². The molecule has 0 N–H and O–H groups in total. The lowest BCUT2D eigenvalue weighted by molar-refractivity contribution is -0.142. The van der Waals surface area contributed by atoms with Crippen molar-refractivity contribution in [3.8, 4) is 0 Å². The number of para-hydroxylation sites is 1. The average Bonchev–Trinajstić information content (AvgIpc) is 3.05. The van der Waals surface area contributed by atoms with E-state index in [4.69, 9.17) is 0 Å². The second kappa shape index (κ2) is 6.52. The van der Waals surface area contributed by atoms with Crippen LogP contribution in [0.2, 0.25) is 0 Å². The number of nitrogens with zero attached hydrogens (tertiary/aromatic N) is 3. The van der Waals surface area contributed by atoms with Crippen LogP contribution in [-0.4, -0.2) is 47.9 Å². The fourth-order valence-electron chi connectivity index (χ4n) is 3.63. The molecule has 0 bridgehead atoms. The van der Waals surface area contributed by atoms with E-state index in [1.807, 2.05) is 18.2 Å². The van der Waals surface area contributed by atoms with Crippen molar-refractivity contribution >= 4 is 32.6 Å². The third-order valence-electron chi connectivity index (χ3n) is 5.20. The Morgan fingerprint density at radius 3 is 2.48 bits per heavy atom. The molecule has 3 heterocycles. The van der Waals surface area contributed by atoms with Crippen LogP contribution in [0.4, 0.5) is 13.9 Å². The predicted octanol–water partition coefficient (Wildman–Crippen LogP) is 3.77. The third kappa shape index (κ3) is 3.47. The van der Waals surface area contributed by atoms with Crippen LogP contribution in [0.25, 0.3) is 10.2 Å². The summed E-state index contributed by atoms with van der Waals surface area (Å²) in [6.07, 6.45) is 1.12. The van der Waals surface area contributed by atoms with E-state index in [-0.39, 0.29) is 37.8 Å². The van der Waals surface area contributed by atoms with Gasteiger partial charge in [-0.1, -0.05) is 23.5 Å². The van der Waals surface area contributed by atoms with Gasteiger partial charge in [0.2, 0.25) is 5.91 Å². The van der Waals surface area contributed by atoms with E-state index in [2.05, 4.69) is 16.0 Å². The first-order chi connectivity index (χ1) is 12.0. The van der Waals surface area contributed by atoms with E-state index in [1.165, 1.54) is 4.70 Å². The first-order valence-electron chi connectivity index (χ1n) is 8.79. The van der Waals surface area contributed by atoms with Crippen molar-refractivity contribution in [2.45, 2.75) is 31.6 Å². The molecular formula is C18H21F2N3OS. The highest BCUT2D eigenvalue weighted by Gasteiger charge is 2.38. The molecule has 2 saturated heterocycles. The minimum Gasteiger partial charge on any atom is -0.348 e. The molecule has 0 saturated carbocycles. The first-order valence-corrected chi connectivity index (χ1v) is 9.61. The van der Waals surface area contributed by atoms with Crippen LogP contribution >= 0.6 is 11.3 Å². The summed E-state index contributed by atoms with van der Waals surface area (Å²) in [5.74, 6) is -2.59. The second-order valence-electron chi connectivity index (χ2n) is 6.91. The van der Waals surface area contributed by atoms with Gasteiger partial charge in [-0.2, -0.15) is 0 Å². The molecule has 1 amide bonds. The highest BCUT2D eigenvalue weighted by atomic mass is 32.1. The summed E-state index contributed by atoms with van der Waals surface area (Å²) in [5.41, 5.74) is 1.01. The number of alkyl halides is 2. The van der Waals surface area contributed by atoms with Crippen molar-refractivity contribution in [1.82, 2.24) is 9.88 Å². The number of piperidine rings is 2. The van der Waals surface area contributed by atoms with Crippen molar-refractivity contribution in [2.24, 2.45) is 5.92 Å². The Bertz CT molecular complexity index is 728. The molecule has 7 heteroatoms. The third-order valence-corrected chi connectivity index (χ3v) is 6.30. The molecule has 0 radical (unpaired) electrons. The molecule has 2 aliphatic heterocycles. The molecule has 1 aromatic heterocycles. The van der Waals surface area contributed by atoms with Gasteiger partial charge >= 0.3 is 0 Å². The monoisotopic (exact) mass is 365 g/mol. The van der Waals surface area contributed by atoms with Gasteiger partial charge in [0.1, 0.15) is 0 Å². The van der Waals surface area contributed by atoms with Crippen LogP contribution in [0.15, 0.2) is 24.3 Å². The van der Waals surface area contributed by atoms with E-state index in [0.717, 1.165) is 36.6 Å². The number of halogens is 2. The minimum atomic E-state index is -2.60. The van der Waals surface area contributed by atoms with Crippen LogP contribution in [0.1, 0.15) is 25.7 Å². The SMILES string of the molecule is O=C(C1CCN(c2nc3ccccc3s2)CC1)N1CCC(F)(F)CC1. The van der Waals surface area contributed by atoms with Crippen LogP contribution in [0.5, 0.6) is 0 Å². The van der Waals surface area contributed by atoms with Gasteiger partial charge in [0, 0.05) is 44.9 Å². The molecule has 0 aliphatic carbocycles. The molecule has 0 atom stereocenters. The lowest BCUT2D eigenvalue weighted by atomic mass is 9.94. The lowest BCUT2D eigenvalue weighted by Gasteiger charge is -2.37. The first kappa shape index (κ1) is 16.7. The summed E-state index contributed by atoms with van der Waals surface area (Å²) < 4.78 is 27.7. The molecule has 2 fully saturated rings. The molecule has 0 unspecified atom stereocenters. The molecule has 1 aromatic carbocycles. The largest absolute Gasteiger partial charge is 0.348 e. The summed E-state index contributed by atoms with van der Waals surface area (Å²) in [4.78, 5) is 21.1. The Morgan fingerprint density at radius 2 is 1.80 bits per heavy atom. The van der Waals surface area contributed by atoms with Crippen LogP contribution in [0.3, 0.4) is 0 Å². The lowest BCUT2D eigenvalue weighted by Crippen LogP contribution is -2.47. The van der Waals surface area contributed by atoms with Crippen LogP contribution in [0, 0.1) is 5.92 Å². The normalized spacial score (nSPS) is 21.7. The van der Waals surface area contributed by atoms with Crippen LogP contribution in [-0.2, 0) is 4.79 Å². The smallest absolute Gasteiger partial charge is 0.251 e. The fourth-order valence-corrected chi connectivity index (χ4v) is 4.64. The van der Waals surface area contributed by atoms with Crippen molar-refractivity contribution < 1.29 is 13.6 Å². The summed E-state index contributed by atoms with van der Waals surface area (Å²) in [6.45, 7) is 1.95. The van der Waals surface area contributed by atoms with Crippen molar-refractivity contribution in [3.05, 3.63) is 24.3 Å².